The highest BCUT2D eigenvalue weighted by molar-refractivity contribution is 9.10. The molecule has 1 heterocycles. The van der Waals surface area contributed by atoms with Crippen molar-refractivity contribution in [2.24, 2.45) is 5.84 Å². The lowest BCUT2D eigenvalue weighted by Gasteiger charge is -2.10. The van der Waals surface area contributed by atoms with Crippen LogP contribution in [0.1, 0.15) is 11.3 Å². The highest BCUT2D eigenvalue weighted by Gasteiger charge is 2.08. The zero-order valence-electron chi connectivity index (χ0n) is 8.63. The van der Waals surface area contributed by atoms with E-state index in [0.29, 0.717) is 0 Å². The van der Waals surface area contributed by atoms with Crippen molar-refractivity contribution in [1.82, 2.24) is 4.98 Å². The Hall–Kier alpha value is -1.13. The van der Waals surface area contributed by atoms with Gasteiger partial charge in [-0.1, -0.05) is 6.07 Å². The molecule has 1 aromatic heterocycles. The molecule has 0 atom stereocenters. The highest BCUT2D eigenvalue weighted by atomic mass is 79.9. The first-order chi connectivity index (χ1) is 7.13. The first-order valence-electron chi connectivity index (χ1n) is 4.66. The number of aromatic nitrogens is 1. The number of hydrogen-bond donors (Lipinski definition) is 2. The summed E-state index contributed by atoms with van der Waals surface area (Å²) in [4.78, 5) is 4.50. The molecule has 0 radical (unpaired) electrons. The molecule has 2 aromatic rings. The fourth-order valence-corrected chi connectivity index (χ4v) is 2.14. The van der Waals surface area contributed by atoms with Crippen molar-refractivity contribution in [1.29, 1.82) is 0 Å². The van der Waals surface area contributed by atoms with Crippen molar-refractivity contribution in [3.05, 3.63) is 33.9 Å². The van der Waals surface area contributed by atoms with Crippen LogP contribution in [0.25, 0.3) is 10.9 Å². The minimum Gasteiger partial charge on any atom is -0.323 e. The number of pyridine rings is 1. The largest absolute Gasteiger partial charge is 0.323 e. The highest BCUT2D eigenvalue weighted by Crippen LogP contribution is 2.30. The lowest BCUT2D eigenvalue weighted by atomic mass is 10.1. The molecule has 2 rings (SSSR count). The zero-order valence-corrected chi connectivity index (χ0v) is 10.2. The van der Waals surface area contributed by atoms with Crippen LogP contribution in [-0.2, 0) is 0 Å². The number of fused-ring (bicyclic) bond motifs is 1. The summed E-state index contributed by atoms with van der Waals surface area (Å²) in [6.07, 6.45) is 0. The summed E-state index contributed by atoms with van der Waals surface area (Å²) in [5.41, 5.74) is 6.69. The number of rotatable bonds is 1. The second-order valence-corrected chi connectivity index (χ2v) is 4.40. The Balaban J connectivity index is 2.95. The first-order valence-corrected chi connectivity index (χ1v) is 5.46. The molecule has 0 unspecified atom stereocenters. The number of nitrogens with two attached hydrogens (primary N) is 1. The number of nitrogens with zero attached hydrogens (tertiary/aromatic N) is 1. The lowest BCUT2D eigenvalue weighted by Crippen LogP contribution is -2.08. The van der Waals surface area contributed by atoms with Crippen LogP contribution in [0.5, 0.6) is 0 Å². The van der Waals surface area contributed by atoms with Gasteiger partial charge in [-0.3, -0.25) is 10.8 Å². The van der Waals surface area contributed by atoms with Gasteiger partial charge in [-0.2, -0.15) is 0 Å². The van der Waals surface area contributed by atoms with Gasteiger partial charge in [-0.25, -0.2) is 0 Å². The average Bonchev–Trinajstić information content (AvgIpc) is 2.22. The Kier molecular flexibility index (Phi) is 2.63. The number of aryl methyl sites for hydroxylation is 2. The van der Waals surface area contributed by atoms with Gasteiger partial charge in [0.2, 0.25) is 0 Å². The number of halogens is 1. The number of hydrazine groups is 1. The predicted octanol–water partition coefficient (Wildman–Crippen LogP) is 2.90. The summed E-state index contributed by atoms with van der Waals surface area (Å²) in [5, 5.41) is 1.07. The number of hydrogen-bond acceptors (Lipinski definition) is 3. The molecule has 0 aliphatic rings. The van der Waals surface area contributed by atoms with Gasteiger partial charge in [0.05, 0.1) is 11.2 Å². The van der Waals surface area contributed by atoms with Gasteiger partial charge in [0, 0.05) is 15.6 Å². The van der Waals surface area contributed by atoms with Gasteiger partial charge in [-0.05, 0) is 47.5 Å². The van der Waals surface area contributed by atoms with Crippen molar-refractivity contribution < 1.29 is 0 Å². The number of nitrogens with one attached hydrogen (secondary N) is 1. The molecule has 0 saturated carbocycles. The normalized spacial score (nSPS) is 10.7. The van der Waals surface area contributed by atoms with Crippen molar-refractivity contribution in [3.63, 3.8) is 0 Å². The average molecular weight is 266 g/mol. The monoisotopic (exact) mass is 265 g/mol. The Labute approximate surface area is 96.8 Å². The third kappa shape index (κ3) is 1.70. The van der Waals surface area contributed by atoms with Crippen LogP contribution in [0.4, 0.5) is 5.69 Å². The second kappa shape index (κ2) is 3.79. The number of anilines is 1. The van der Waals surface area contributed by atoms with Crippen molar-refractivity contribution >= 4 is 32.5 Å². The molecule has 4 heteroatoms. The fraction of sp³-hybridized carbons (Fsp3) is 0.182. The molecule has 0 saturated heterocycles. The summed E-state index contributed by atoms with van der Waals surface area (Å²) in [6.45, 7) is 4.00. The zero-order chi connectivity index (χ0) is 11.0. The van der Waals surface area contributed by atoms with Crippen LogP contribution in [-0.4, -0.2) is 4.98 Å². The van der Waals surface area contributed by atoms with E-state index in [1.54, 1.807) is 0 Å². The van der Waals surface area contributed by atoms with E-state index in [1.807, 2.05) is 32.0 Å². The van der Waals surface area contributed by atoms with Gasteiger partial charge < -0.3 is 5.43 Å². The molecule has 0 aliphatic carbocycles. The molecular formula is C11H12BrN3. The number of nitrogen functional groups attached to an aromatic ring is 1. The molecule has 0 amide bonds. The topological polar surface area (TPSA) is 50.9 Å². The summed E-state index contributed by atoms with van der Waals surface area (Å²) >= 11 is 3.50. The van der Waals surface area contributed by atoms with Crippen LogP contribution < -0.4 is 11.3 Å². The van der Waals surface area contributed by atoms with Gasteiger partial charge in [0.1, 0.15) is 0 Å². The standard InChI is InChI=1S/C11H12BrN3/c1-6-3-4-8(12)11-10(6)9(15-13)5-7(2)14-11/h3-5H,13H2,1-2H3,(H,14,15). The molecule has 78 valence electrons. The van der Waals surface area contributed by atoms with Crippen molar-refractivity contribution in [2.75, 3.05) is 5.43 Å². The van der Waals surface area contributed by atoms with E-state index < -0.39 is 0 Å². The van der Waals surface area contributed by atoms with Crippen LogP contribution >= 0.6 is 15.9 Å². The second-order valence-electron chi connectivity index (χ2n) is 3.54. The van der Waals surface area contributed by atoms with E-state index in [9.17, 15) is 0 Å². The molecule has 1 aromatic carbocycles. The van der Waals surface area contributed by atoms with E-state index >= 15 is 0 Å². The molecule has 15 heavy (non-hydrogen) atoms. The molecule has 3 nitrogen and oxygen atoms in total. The Bertz CT molecular complexity index is 523. The summed E-state index contributed by atoms with van der Waals surface area (Å²) in [5.74, 6) is 5.51. The fourth-order valence-electron chi connectivity index (χ4n) is 1.72. The molecular weight excluding hydrogens is 254 g/mol. The third-order valence-electron chi connectivity index (χ3n) is 2.40. The summed E-state index contributed by atoms with van der Waals surface area (Å²) in [7, 11) is 0. The van der Waals surface area contributed by atoms with Crippen LogP contribution in [0.2, 0.25) is 0 Å². The third-order valence-corrected chi connectivity index (χ3v) is 3.04. The quantitative estimate of drug-likeness (QED) is 0.616. The van der Waals surface area contributed by atoms with E-state index in [4.69, 9.17) is 5.84 Å². The summed E-state index contributed by atoms with van der Waals surface area (Å²) < 4.78 is 0.989. The van der Waals surface area contributed by atoms with Crippen LogP contribution in [0.15, 0.2) is 22.7 Å². The lowest BCUT2D eigenvalue weighted by molar-refractivity contribution is 1.23. The summed E-state index contributed by atoms with van der Waals surface area (Å²) in [6, 6.07) is 6.00. The van der Waals surface area contributed by atoms with Gasteiger partial charge in [-0.15, -0.1) is 0 Å². The van der Waals surface area contributed by atoms with E-state index in [0.717, 1.165) is 32.3 Å². The molecule has 0 fully saturated rings. The van der Waals surface area contributed by atoms with Gasteiger partial charge in [0.25, 0.3) is 0 Å². The minimum absolute atomic E-state index is 0.913. The Morgan fingerprint density at radius 3 is 2.73 bits per heavy atom. The van der Waals surface area contributed by atoms with Crippen LogP contribution in [0, 0.1) is 13.8 Å². The molecule has 0 bridgehead atoms. The first kappa shape index (κ1) is 10.4. The van der Waals surface area contributed by atoms with Crippen LogP contribution in [0.3, 0.4) is 0 Å². The Morgan fingerprint density at radius 2 is 2.07 bits per heavy atom. The van der Waals surface area contributed by atoms with E-state index in [-0.39, 0.29) is 0 Å². The maximum atomic E-state index is 5.51. The SMILES string of the molecule is Cc1cc(NN)c2c(C)ccc(Br)c2n1. The molecule has 3 N–H and O–H groups in total. The van der Waals surface area contributed by atoms with Gasteiger partial charge in [0.15, 0.2) is 0 Å². The maximum absolute atomic E-state index is 5.51. The van der Waals surface area contributed by atoms with Crippen molar-refractivity contribution in [2.45, 2.75) is 13.8 Å². The van der Waals surface area contributed by atoms with Gasteiger partial charge >= 0.3 is 0 Å². The smallest absolute Gasteiger partial charge is 0.0871 e. The number of benzene rings is 1. The molecule has 0 spiro atoms. The molecule has 0 aliphatic heterocycles. The maximum Gasteiger partial charge on any atom is 0.0871 e. The van der Waals surface area contributed by atoms with E-state index in [2.05, 4.69) is 26.3 Å². The Morgan fingerprint density at radius 1 is 1.33 bits per heavy atom. The van der Waals surface area contributed by atoms with E-state index in [1.165, 1.54) is 0 Å². The van der Waals surface area contributed by atoms with Crippen molar-refractivity contribution in [3.8, 4) is 0 Å². The minimum atomic E-state index is 0.913. The predicted molar refractivity (Wildman–Crippen MR) is 66.7 cm³/mol.